The first-order valence-corrected chi connectivity index (χ1v) is 4.92. The summed E-state index contributed by atoms with van der Waals surface area (Å²) in [6, 6.07) is 1.59. The van der Waals surface area contributed by atoms with Crippen LogP contribution in [-0.2, 0) is 0 Å². The lowest BCUT2D eigenvalue weighted by molar-refractivity contribution is 0.0683. The van der Waals surface area contributed by atoms with Crippen LogP contribution in [-0.4, -0.2) is 27.8 Å². The average Bonchev–Trinajstić information content (AvgIpc) is 2.85. The Kier molecular flexibility index (Phi) is 2.82. The molecule has 2 aromatic heterocycles. The average molecular weight is 238 g/mol. The van der Waals surface area contributed by atoms with Crippen molar-refractivity contribution in [3.63, 3.8) is 0 Å². The van der Waals surface area contributed by atoms with Crippen molar-refractivity contribution in [3.05, 3.63) is 17.5 Å². The molecule has 0 fully saturated rings. The molecule has 0 unspecified atom stereocenters. The van der Waals surface area contributed by atoms with Crippen LogP contribution in [0.25, 0.3) is 11.7 Å². The van der Waals surface area contributed by atoms with Crippen LogP contribution in [0.3, 0.4) is 0 Å². The van der Waals surface area contributed by atoms with E-state index in [2.05, 4.69) is 10.1 Å². The lowest BCUT2D eigenvalue weighted by Crippen LogP contribution is -2.01. The highest BCUT2D eigenvalue weighted by molar-refractivity contribution is 5.88. The van der Waals surface area contributed by atoms with Gasteiger partial charge in [0.2, 0.25) is 11.5 Å². The Morgan fingerprint density at radius 2 is 2.35 bits per heavy atom. The Bertz CT molecular complexity index is 543. The van der Waals surface area contributed by atoms with Crippen molar-refractivity contribution < 1.29 is 23.6 Å². The zero-order chi connectivity index (χ0) is 12.4. The summed E-state index contributed by atoms with van der Waals surface area (Å²) in [5.41, 5.74) is 0.365. The van der Waals surface area contributed by atoms with E-state index >= 15 is 0 Å². The summed E-state index contributed by atoms with van der Waals surface area (Å²) in [6.45, 7) is 3.73. The summed E-state index contributed by atoms with van der Waals surface area (Å²) < 4.78 is 15.1. The van der Waals surface area contributed by atoms with Crippen LogP contribution >= 0.6 is 0 Å². The van der Waals surface area contributed by atoms with Gasteiger partial charge >= 0.3 is 11.9 Å². The number of hydrogen-bond acceptors (Lipinski definition) is 6. The van der Waals surface area contributed by atoms with Gasteiger partial charge < -0.3 is 18.8 Å². The molecule has 0 atom stereocenters. The molecule has 0 saturated carbocycles. The van der Waals surface area contributed by atoms with Gasteiger partial charge in [-0.15, -0.1) is 0 Å². The SMILES string of the molecule is CCOc1oc(-c2cc(C)no2)nc1C(=O)O. The molecule has 7 heteroatoms. The summed E-state index contributed by atoms with van der Waals surface area (Å²) in [7, 11) is 0. The summed E-state index contributed by atoms with van der Waals surface area (Å²) >= 11 is 0. The van der Waals surface area contributed by atoms with Crippen molar-refractivity contribution in [1.82, 2.24) is 10.1 Å². The first kappa shape index (κ1) is 11.2. The molecule has 7 nitrogen and oxygen atoms in total. The Labute approximate surface area is 96.0 Å². The van der Waals surface area contributed by atoms with Gasteiger partial charge in [0, 0.05) is 6.07 Å². The molecule has 2 heterocycles. The molecular weight excluding hydrogens is 228 g/mol. The number of carbonyl (C=O) groups is 1. The molecule has 0 aromatic carbocycles. The summed E-state index contributed by atoms with van der Waals surface area (Å²) in [4.78, 5) is 14.7. The minimum absolute atomic E-state index is 0.0338. The largest absolute Gasteiger partial charge is 0.476 e. The number of rotatable bonds is 4. The van der Waals surface area contributed by atoms with Gasteiger partial charge in [-0.05, 0) is 13.8 Å². The fraction of sp³-hybridized carbons (Fsp3) is 0.300. The van der Waals surface area contributed by atoms with E-state index < -0.39 is 5.97 Å². The van der Waals surface area contributed by atoms with Crippen LogP contribution in [0.1, 0.15) is 23.1 Å². The van der Waals surface area contributed by atoms with E-state index in [1.807, 2.05) is 0 Å². The minimum atomic E-state index is -1.22. The fourth-order valence-corrected chi connectivity index (χ4v) is 1.24. The number of hydrogen-bond donors (Lipinski definition) is 1. The van der Waals surface area contributed by atoms with Gasteiger partial charge in [-0.3, -0.25) is 0 Å². The van der Waals surface area contributed by atoms with E-state index in [1.165, 1.54) is 0 Å². The Morgan fingerprint density at radius 3 is 2.88 bits per heavy atom. The van der Waals surface area contributed by atoms with Crippen molar-refractivity contribution in [3.8, 4) is 17.6 Å². The molecule has 0 aliphatic heterocycles. The van der Waals surface area contributed by atoms with Crippen molar-refractivity contribution in [2.45, 2.75) is 13.8 Å². The third-order valence-electron chi connectivity index (χ3n) is 1.91. The third-order valence-corrected chi connectivity index (χ3v) is 1.91. The highest BCUT2D eigenvalue weighted by Gasteiger charge is 2.23. The van der Waals surface area contributed by atoms with Crippen molar-refractivity contribution in [2.75, 3.05) is 6.61 Å². The number of aromatic carboxylic acids is 1. The van der Waals surface area contributed by atoms with Crippen LogP contribution in [0.4, 0.5) is 0 Å². The molecule has 1 N–H and O–H groups in total. The smallest absolute Gasteiger partial charge is 0.362 e. The van der Waals surface area contributed by atoms with Crippen molar-refractivity contribution in [2.24, 2.45) is 0 Å². The van der Waals surface area contributed by atoms with Crippen LogP contribution < -0.4 is 4.74 Å². The minimum Gasteiger partial charge on any atom is -0.476 e. The second-order valence-electron chi connectivity index (χ2n) is 3.23. The van der Waals surface area contributed by atoms with Gasteiger partial charge in [0.25, 0.3) is 5.89 Å². The topological polar surface area (TPSA) is 98.6 Å². The van der Waals surface area contributed by atoms with E-state index in [0.29, 0.717) is 5.69 Å². The lowest BCUT2D eigenvalue weighted by atomic mass is 10.4. The number of carboxylic acids is 1. The van der Waals surface area contributed by atoms with Gasteiger partial charge in [-0.1, -0.05) is 5.16 Å². The summed E-state index contributed by atoms with van der Waals surface area (Å²) in [5, 5.41) is 12.6. The standard InChI is InChI=1S/C10H10N2O5/c1-3-15-10-7(9(13)14)11-8(16-10)6-4-5(2)12-17-6/h4H,3H2,1-2H3,(H,13,14). The normalized spacial score (nSPS) is 10.5. The van der Waals surface area contributed by atoms with E-state index in [9.17, 15) is 4.79 Å². The predicted octanol–water partition coefficient (Wildman–Crippen LogP) is 1.73. The van der Waals surface area contributed by atoms with Gasteiger partial charge in [0.1, 0.15) is 0 Å². The molecule has 0 aliphatic carbocycles. The number of carboxylic acid groups (broad SMARTS) is 1. The molecule has 2 aromatic rings. The quantitative estimate of drug-likeness (QED) is 0.865. The zero-order valence-electron chi connectivity index (χ0n) is 9.26. The molecular formula is C10H10N2O5. The molecule has 0 bridgehead atoms. The van der Waals surface area contributed by atoms with Crippen LogP contribution in [0.15, 0.2) is 15.0 Å². The maximum Gasteiger partial charge on any atom is 0.362 e. The highest BCUT2D eigenvalue weighted by Crippen LogP contribution is 2.27. The van der Waals surface area contributed by atoms with Gasteiger partial charge in [-0.2, -0.15) is 4.98 Å². The predicted molar refractivity (Wildman–Crippen MR) is 54.9 cm³/mol. The first-order chi connectivity index (χ1) is 8.11. The van der Waals surface area contributed by atoms with Gasteiger partial charge in [0.05, 0.1) is 12.3 Å². The molecule has 0 aliphatic rings. The number of aryl methyl sites for hydroxylation is 1. The maximum atomic E-state index is 10.9. The van der Waals surface area contributed by atoms with E-state index in [1.54, 1.807) is 19.9 Å². The number of nitrogens with zero attached hydrogens (tertiary/aromatic N) is 2. The summed E-state index contributed by atoms with van der Waals surface area (Å²) in [5.74, 6) is -1.06. The van der Waals surface area contributed by atoms with Gasteiger partial charge in [-0.25, -0.2) is 4.79 Å². The van der Waals surface area contributed by atoms with Crippen LogP contribution in [0.2, 0.25) is 0 Å². The van der Waals surface area contributed by atoms with E-state index in [-0.39, 0.29) is 29.9 Å². The zero-order valence-corrected chi connectivity index (χ0v) is 9.26. The lowest BCUT2D eigenvalue weighted by Gasteiger charge is -1.96. The Balaban J connectivity index is 2.43. The summed E-state index contributed by atoms with van der Waals surface area (Å²) in [6.07, 6.45) is 0. The Hall–Kier alpha value is -2.31. The maximum absolute atomic E-state index is 10.9. The van der Waals surface area contributed by atoms with Crippen LogP contribution in [0, 0.1) is 6.92 Å². The third kappa shape index (κ3) is 2.12. The van der Waals surface area contributed by atoms with Gasteiger partial charge in [0.15, 0.2) is 0 Å². The number of oxazole rings is 1. The molecule has 0 spiro atoms. The molecule has 2 rings (SSSR count). The molecule has 90 valence electrons. The van der Waals surface area contributed by atoms with E-state index in [0.717, 1.165) is 0 Å². The van der Waals surface area contributed by atoms with Crippen molar-refractivity contribution >= 4 is 5.97 Å². The number of ether oxygens (including phenoxy) is 1. The Morgan fingerprint density at radius 1 is 1.59 bits per heavy atom. The molecule has 0 saturated heterocycles. The fourth-order valence-electron chi connectivity index (χ4n) is 1.24. The van der Waals surface area contributed by atoms with E-state index in [4.69, 9.17) is 18.8 Å². The molecule has 0 amide bonds. The molecule has 17 heavy (non-hydrogen) atoms. The first-order valence-electron chi connectivity index (χ1n) is 4.92. The number of aromatic nitrogens is 2. The molecule has 0 radical (unpaired) electrons. The monoisotopic (exact) mass is 238 g/mol. The van der Waals surface area contributed by atoms with Crippen molar-refractivity contribution in [1.29, 1.82) is 0 Å². The second-order valence-corrected chi connectivity index (χ2v) is 3.23. The highest BCUT2D eigenvalue weighted by atomic mass is 16.6. The second kappa shape index (κ2) is 4.28. The van der Waals surface area contributed by atoms with Crippen LogP contribution in [0.5, 0.6) is 5.95 Å².